The maximum atomic E-state index is 8.68. The summed E-state index contributed by atoms with van der Waals surface area (Å²) >= 11 is 0. The fourth-order valence-electron chi connectivity index (χ4n) is 0. The first-order valence-corrected chi connectivity index (χ1v) is 1.07. The third-order valence-corrected chi connectivity index (χ3v) is 0. The number of nitrogens with zero attached hydrogens (tertiary/aromatic N) is 1. The van der Waals surface area contributed by atoms with Crippen molar-refractivity contribution in [2.45, 2.75) is 6.92 Å². The minimum atomic E-state index is 0. The summed E-state index contributed by atoms with van der Waals surface area (Å²) in [6.45, 7) is 1.32. The standard InChI is InChI=1S/C2H3O.HNO2.V/c1-2-3;2-1-3;/h1H3;(H,2,3);/q-1;;/p-1. The minimum Gasteiger partial charge on any atom is -0.542 e. The van der Waals surface area contributed by atoms with Crippen LogP contribution in [0.15, 0.2) is 5.34 Å². The molecule has 0 N–H and O–H groups in total. The molecule has 0 fully saturated rings. The molecule has 0 aliphatic rings. The van der Waals surface area contributed by atoms with E-state index in [1.807, 2.05) is 0 Å². The predicted octanol–water partition coefficient (Wildman–Crippen LogP) is 0.364. The Labute approximate surface area is 52.7 Å². The molecular weight excluding hydrogens is 137 g/mol. The summed E-state index contributed by atoms with van der Waals surface area (Å²) in [7, 11) is 0. The molecule has 0 aromatic carbocycles. The summed E-state index contributed by atoms with van der Waals surface area (Å²) in [5, 5.41) is 9.00. The van der Waals surface area contributed by atoms with Gasteiger partial charge in [0.25, 0.3) is 0 Å². The van der Waals surface area contributed by atoms with Crippen molar-refractivity contribution in [3.8, 4) is 0 Å². The van der Waals surface area contributed by atoms with Crippen LogP contribution in [0.2, 0.25) is 0 Å². The third-order valence-electron chi connectivity index (χ3n) is 0. The van der Waals surface area contributed by atoms with E-state index >= 15 is 0 Å². The Kier molecular flexibility index (Phi) is 102. The number of carbonyl (C=O) groups excluding carboxylic acids is 1. The summed E-state index contributed by atoms with van der Waals surface area (Å²) in [5.41, 5.74) is 0. The molecule has 0 amide bonds. The molecule has 0 rings (SSSR count). The molecule has 0 unspecified atom stereocenters. The van der Waals surface area contributed by atoms with Crippen molar-refractivity contribution in [1.29, 1.82) is 0 Å². The van der Waals surface area contributed by atoms with E-state index in [2.05, 4.69) is 0 Å². The second kappa shape index (κ2) is 44.8. The fraction of sp³-hybridized carbons (Fsp3) is 0.500. The molecule has 1 radical (unpaired) electrons. The van der Waals surface area contributed by atoms with E-state index in [9.17, 15) is 0 Å². The topological polar surface area (TPSA) is 69.6 Å². The van der Waals surface area contributed by atoms with Gasteiger partial charge in [-0.1, -0.05) is 0 Å². The van der Waals surface area contributed by atoms with Gasteiger partial charge in [-0.15, -0.1) is 5.34 Å². The summed E-state index contributed by atoms with van der Waals surface area (Å²) in [6, 6.07) is 0. The van der Waals surface area contributed by atoms with Crippen molar-refractivity contribution >= 4 is 6.29 Å². The molecule has 5 heteroatoms. The monoisotopic (exact) mass is 140 g/mol. The molecule has 0 atom stereocenters. The summed E-state index contributed by atoms with van der Waals surface area (Å²) < 4.78 is 0. The van der Waals surface area contributed by atoms with Crippen LogP contribution in [0, 0.1) is 10.1 Å². The largest absolute Gasteiger partial charge is 0.542 e. The smallest absolute Gasteiger partial charge is 0 e. The SMILES string of the molecule is C[C-]=O.O=N[O-].[V]. The second-order valence-corrected chi connectivity index (χ2v) is 0.279. The van der Waals surface area contributed by atoms with Crippen molar-refractivity contribution in [3.63, 3.8) is 0 Å². The molecule has 41 valence electrons. The zero-order valence-electron chi connectivity index (χ0n) is 3.62. The van der Waals surface area contributed by atoms with Gasteiger partial charge in [0.2, 0.25) is 0 Å². The van der Waals surface area contributed by atoms with Gasteiger partial charge >= 0.3 is 0 Å². The Morgan fingerprint density at radius 1 is 1.71 bits per heavy atom. The molecule has 0 saturated carbocycles. The Bertz CT molecular complexity index is 33.9. The maximum Gasteiger partial charge on any atom is 0 e. The molecule has 0 aliphatic heterocycles. The Hall–Kier alpha value is -0.346. The zero-order chi connectivity index (χ0) is 5.41. The van der Waals surface area contributed by atoms with Gasteiger partial charge in [0.1, 0.15) is 0 Å². The Morgan fingerprint density at radius 2 is 1.71 bits per heavy atom. The zero-order valence-corrected chi connectivity index (χ0v) is 5.02. The van der Waals surface area contributed by atoms with E-state index < -0.39 is 0 Å². The number of rotatable bonds is 0. The Balaban J connectivity index is -0.0000000400. The van der Waals surface area contributed by atoms with E-state index in [0.717, 1.165) is 5.34 Å². The fourth-order valence-corrected chi connectivity index (χ4v) is 0. The van der Waals surface area contributed by atoms with Crippen LogP contribution in [-0.4, -0.2) is 6.29 Å². The predicted molar refractivity (Wildman–Crippen MR) is 20.5 cm³/mol. The van der Waals surface area contributed by atoms with E-state index in [1.165, 1.54) is 13.2 Å². The van der Waals surface area contributed by atoms with E-state index in [-0.39, 0.29) is 18.6 Å². The van der Waals surface area contributed by atoms with Gasteiger partial charge in [0.05, 0.1) is 0 Å². The van der Waals surface area contributed by atoms with Crippen molar-refractivity contribution in [2.24, 2.45) is 5.34 Å². The van der Waals surface area contributed by atoms with Crippen molar-refractivity contribution in [1.82, 2.24) is 0 Å². The van der Waals surface area contributed by atoms with Crippen LogP contribution in [-0.2, 0) is 23.4 Å². The summed E-state index contributed by atoms with van der Waals surface area (Å²) in [4.78, 5) is 16.7. The van der Waals surface area contributed by atoms with Gasteiger partial charge in [-0.05, 0) is 0 Å². The van der Waals surface area contributed by atoms with Crippen molar-refractivity contribution in [3.05, 3.63) is 10.1 Å². The van der Waals surface area contributed by atoms with Gasteiger partial charge in [0, 0.05) is 18.6 Å². The summed E-state index contributed by atoms with van der Waals surface area (Å²) in [6.07, 6.45) is 1.50. The maximum absolute atomic E-state index is 8.68. The van der Waals surface area contributed by atoms with Crippen LogP contribution in [0.4, 0.5) is 0 Å². The van der Waals surface area contributed by atoms with Gasteiger partial charge in [0.15, 0.2) is 0 Å². The van der Waals surface area contributed by atoms with E-state index in [4.69, 9.17) is 14.9 Å². The van der Waals surface area contributed by atoms with Crippen LogP contribution >= 0.6 is 0 Å². The van der Waals surface area contributed by atoms with Crippen molar-refractivity contribution in [2.75, 3.05) is 0 Å². The van der Waals surface area contributed by atoms with Crippen molar-refractivity contribution < 1.29 is 23.4 Å². The average molecular weight is 140 g/mol. The van der Waals surface area contributed by atoms with Gasteiger partial charge in [-0.2, -0.15) is 6.92 Å². The summed E-state index contributed by atoms with van der Waals surface area (Å²) in [5.74, 6) is 0. The van der Waals surface area contributed by atoms with Crippen LogP contribution < -0.4 is 0 Å². The Morgan fingerprint density at radius 3 is 1.71 bits per heavy atom. The molecule has 0 aromatic rings. The third kappa shape index (κ3) is 632. The average Bonchev–Trinajstić information content (AvgIpc) is 1.39. The molecule has 4 nitrogen and oxygen atoms in total. The normalized spacial score (nSPS) is 3.57. The van der Waals surface area contributed by atoms with Crippen LogP contribution in [0.3, 0.4) is 0 Å². The first-order chi connectivity index (χ1) is 2.83. The molecule has 7 heavy (non-hydrogen) atoms. The number of hydrogen-bond acceptors (Lipinski definition) is 4. The molecule has 0 bridgehead atoms. The van der Waals surface area contributed by atoms with Crippen LogP contribution in [0.5, 0.6) is 0 Å². The van der Waals surface area contributed by atoms with Crippen LogP contribution in [0.25, 0.3) is 0 Å². The van der Waals surface area contributed by atoms with Gasteiger partial charge < -0.3 is 14.9 Å². The molecule has 0 heterocycles. The van der Waals surface area contributed by atoms with E-state index in [0.29, 0.717) is 0 Å². The van der Waals surface area contributed by atoms with E-state index in [1.54, 1.807) is 0 Å². The molecule has 0 aromatic heterocycles. The van der Waals surface area contributed by atoms with Crippen LogP contribution in [0.1, 0.15) is 6.92 Å². The quantitative estimate of drug-likeness (QED) is 0.277. The first kappa shape index (κ1) is 15.9. The first-order valence-electron chi connectivity index (χ1n) is 1.07. The second-order valence-electron chi connectivity index (χ2n) is 0.279. The number of hydrogen-bond donors (Lipinski definition) is 0. The molecule has 0 spiro atoms. The van der Waals surface area contributed by atoms with Gasteiger partial charge in [-0.25, -0.2) is 0 Å². The molecular formula is C2H3NO3V-2. The molecule has 0 aliphatic carbocycles. The molecule has 0 saturated heterocycles. The minimum absolute atomic E-state index is 0. The van der Waals surface area contributed by atoms with Gasteiger partial charge in [-0.3, -0.25) is 6.29 Å².